The minimum Gasteiger partial charge on any atom is -0.494 e. The molecule has 0 radical (unpaired) electrons. The Labute approximate surface area is 113 Å². The number of hydrogen-bond donors (Lipinski definition) is 0. The van der Waals surface area contributed by atoms with Crippen molar-refractivity contribution in [3.05, 3.63) is 63.9 Å². The van der Waals surface area contributed by atoms with Crippen molar-refractivity contribution in [2.75, 3.05) is 7.11 Å². The Morgan fingerprint density at radius 1 is 1.17 bits per heavy atom. The zero-order chi connectivity index (χ0) is 13.1. The molecular formula is C14H10BrFO2. The number of rotatable bonds is 3. The van der Waals surface area contributed by atoms with Gasteiger partial charge in [-0.1, -0.05) is 22.0 Å². The van der Waals surface area contributed by atoms with Gasteiger partial charge in [0, 0.05) is 10.0 Å². The van der Waals surface area contributed by atoms with E-state index < -0.39 is 5.82 Å². The second kappa shape index (κ2) is 5.31. The Bertz CT molecular complexity index is 579. The zero-order valence-electron chi connectivity index (χ0n) is 9.61. The molecule has 0 bridgehead atoms. The number of carbonyl (C=O) groups excluding carboxylic acids is 1. The standard InChI is InChI=1S/C14H10BrFO2/c1-18-12-4-2-3-11(13(12)16)14(17)9-5-7-10(15)8-6-9/h2-8H,1H3. The molecule has 0 saturated carbocycles. The van der Waals surface area contributed by atoms with E-state index in [4.69, 9.17) is 4.74 Å². The van der Waals surface area contributed by atoms with Gasteiger partial charge < -0.3 is 4.74 Å². The predicted molar refractivity (Wildman–Crippen MR) is 70.5 cm³/mol. The Balaban J connectivity index is 2.43. The van der Waals surface area contributed by atoms with Crippen molar-refractivity contribution in [2.45, 2.75) is 0 Å². The van der Waals surface area contributed by atoms with Crippen molar-refractivity contribution in [2.24, 2.45) is 0 Å². The Morgan fingerprint density at radius 2 is 1.83 bits per heavy atom. The van der Waals surface area contributed by atoms with Crippen LogP contribution in [0.5, 0.6) is 5.75 Å². The van der Waals surface area contributed by atoms with Crippen molar-refractivity contribution in [3.8, 4) is 5.75 Å². The molecule has 18 heavy (non-hydrogen) atoms. The van der Waals surface area contributed by atoms with Crippen molar-refractivity contribution in [3.63, 3.8) is 0 Å². The van der Waals surface area contributed by atoms with E-state index >= 15 is 0 Å². The number of benzene rings is 2. The number of halogens is 2. The summed E-state index contributed by atoms with van der Waals surface area (Å²) in [5, 5.41) is 0. The van der Waals surface area contributed by atoms with Gasteiger partial charge in [-0.05, 0) is 36.4 Å². The van der Waals surface area contributed by atoms with Crippen LogP contribution in [0.3, 0.4) is 0 Å². The van der Waals surface area contributed by atoms with E-state index in [2.05, 4.69) is 15.9 Å². The summed E-state index contributed by atoms with van der Waals surface area (Å²) in [5.41, 5.74) is 0.446. The van der Waals surface area contributed by atoms with Gasteiger partial charge in [-0.3, -0.25) is 4.79 Å². The van der Waals surface area contributed by atoms with Crippen molar-refractivity contribution >= 4 is 21.7 Å². The third kappa shape index (κ3) is 2.43. The molecular weight excluding hydrogens is 299 g/mol. The number of hydrogen-bond acceptors (Lipinski definition) is 2. The quantitative estimate of drug-likeness (QED) is 0.806. The molecule has 92 valence electrons. The molecule has 4 heteroatoms. The molecule has 0 aliphatic carbocycles. The molecule has 0 aromatic heterocycles. The maximum absolute atomic E-state index is 13.9. The molecule has 2 aromatic rings. The predicted octanol–water partition coefficient (Wildman–Crippen LogP) is 3.83. The van der Waals surface area contributed by atoms with Crippen LogP contribution in [0.4, 0.5) is 4.39 Å². The maximum Gasteiger partial charge on any atom is 0.196 e. The highest BCUT2D eigenvalue weighted by Crippen LogP contribution is 2.23. The summed E-state index contributed by atoms with van der Waals surface area (Å²) in [4.78, 5) is 12.1. The molecule has 2 aromatic carbocycles. The van der Waals surface area contributed by atoms with Crippen molar-refractivity contribution in [1.82, 2.24) is 0 Å². The van der Waals surface area contributed by atoms with E-state index in [1.165, 1.54) is 19.2 Å². The Kier molecular flexibility index (Phi) is 3.77. The summed E-state index contributed by atoms with van der Waals surface area (Å²) in [6.45, 7) is 0. The molecule has 0 aliphatic heterocycles. The molecule has 0 N–H and O–H groups in total. The Hall–Kier alpha value is -1.68. The lowest BCUT2D eigenvalue weighted by Crippen LogP contribution is -2.05. The van der Waals surface area contributed by atoms with E-state index in [1.54, 1.807) is 30.3 Å². The van der Waals surface area contributed by atoms with Crippen molar-refractivity contribution < 1.29 is 13.9 Å². The fraction of sp³-hybridized carbons (Fsp3) is 0.0714. The average Bonchev–Trinajstić information content (AvgIpc) is 2.39. The third-order valence-corrected chi connectivity index (χ3v) is 3.06. The molecule has 0 spiro atoms. The summed E-state index contributed by atoms with van der Waals surface area (Å²) < 4.78 is 19.7. The van der Waals surface area contributed by atoms with Gasteiger partial charge >= 0.3 is 0 Å². The van der Waals surface area contributed by atoms with Gasteiger partial charge in [0.15, 0.2) is 17.3 Å². The summed E-state index contributed by atoms with van der Waals surface area (Å²) in [5.74, 6) is -0.926. The molecule has 2 rings (SSSR count). The van der Waals surface area contributed by atoms with Crippen LogP contribution in [0.25, 0.3) is 0 Å². The van der Waals surface area contributed by atoms with Gasteiger partial charge in [0.1, 0.15) is 0 Å². The van der Waals surface area contributed by atoms with Gasteiger partial charge in [-0.15, -0.1) is 0 Å². The highest BCUT2D eigenvalue weighted by atomic mass is 79.9. The monoisotopic (exact) mass is 308 g/mol. The molecule has 2 nitrogen and oxygen atoms in total. The van der Waals surface area contributed by atoms with Crippen LogP contribution in [0.1, 0.15) is 15.9 Å². The average molecular weight is 309 g/mol. The first-order valence-corrected chi connectivity index (χ1v) is 6.05. The maximum atomic E-state index is 13.9. The van der Waals surface area contributed by atoms with E-state index in [-0.39, 0.29) is 17.1 Å². The van der Waals surface area contributed by atoms with Crippen LogP contribution >= 0.6 is 15.9 Å². The largest absolute Gasteiger partial charge is 0.494 e. The van der Waals surface area contributed by atoms with Gasteiger partial charge in [0.25, 0.3) is 0 Å². The second-order valence-corrected chi connectivity index (χ2v) is 4.57. The van der Waals surface area contributed by atoms with E-state index in [0.29, 0.717) is 5.56 Å². The second-order valence-electron chi connectivity index (χ2n) is 3.66. The van der Waals surface area contributed by atoms with E-state index in [1.807, 2.05) is 0 Å². The minimum atomic E-state index is -0.632. The number of methoxy groups -OCH3 is 1. The first kappa shape index (κ1) is 12.8. The van der Waals surface area contributed by atoms with Crippen LogP contribution in [-0.4, -0.2) is 12.9 Å². The molecule has 0 saturated heterocycles. The molecule has 0 unspecified atom stereocenters. The lowest BCUT2D eigenvalue weighted by Gasteiger charge is -2.06. The van der Waals surface area contributed by atoms with Crippen LogP contribution < -0.4 is 4.74 Å². The van der Waals surface area contributed by atoms with Crippen molar-refractivity contribution in [1.29, 1.82) is 0 Å². The third-order valence-electron chi connectivity index (χ3n) is 2.53. The van der Waals surface area contributed by atoms with E-state index in [9.17, 15) is 9.18 Å². The summed E-state index contributed by atoms with van der Waals surface area (Å²) in [6, 6.07) is 11.3. The fourth-order valence-corrected chi connectivity index (χ4v) is 1.86. The number of ether oxygens (including phenoxy) is 1. The van der Waals surface area contributed by atoms with Crippen LogP contribution in [0.2, 0.25) is 0 Å². The number of ketones is 1. The first-order valence-electron chi connectivity index (χ1n) is 5.26. The van der Waals surface area contributed by atoms with E-state index in [0.717, 1.165) is 4.47 Å². The van der Waals surface area contributed by atoms with Gasteiger partial charge in [0.2, 0.25) is 0 Å². The normalized spacial score (nSPS) is 10.2. The first-order chi connectivity index (χ1) is 8.63. The molecule has 0 atom stereocenters. The highest BCUT2D eigenvalue weighted by Gasteiger charge is 2.16. The van der Waals surface area contributed by atoms with Gasteiger partial charge in [-0.25, -0.2) is 4.39 Å². The highest BCUT2D eigenvalue weighted by molar-refractivity contribution is 9.10. The smallest absolute Gasteiger partial charge is 0.196 e. The SMILES string of the molecule is COc1cccc(C(=O)c2ccc(Br)cc2)c1F. The fourth-order valence-electron chi connectivity index (χ4n) is 1.60. The number of carbonyl (C=O) groups is 1. The molecule has 0 amide bonds. The molecule has 0 fully saturated rings. The summed E-state index contributed by atoms with van der Waals surface area (Å²) in [7, 11) is 1.37. The van der Waals surface area contributed by atoms with Crippen LogP contribution in [-0.2, 0) is 0 Å². The van der Waals surface area contributed by atoms with Gasteiger partial charge in [0.05, 0.1) is 12.7 Å². The zero-order valence-corrected chi connectivity index (χ0v) is 11.2. The molecule has 0 aliphatic rings. The lowest BCUT2D eigenvalue weighted by atomic mass is 10.0. The topological polar surface area (TPSA) is 26.3 Å². The van der Waals surface area contributed by atoms with Gasteiger partial charge in [-0.2, -0.15) is 0 Å². The summed E-state index contributed by atoms with van der Waals surface area (Å²) in [6.07, 6.45) is 0. The molecule has 0 heterocycles. The minimum absolute atomic E-state index is 0.0108. The van der Waals surface area contributed by atoms with Crippen LogP contribution in [0, 0.1) is 5.82 Å². The van der Waals surface area contributed by atoms with Crippen LogP contribution in [0.15, 0.2) is 46.9 Å². The lowest BCUT2D eigenvalue weighted by molar-refractivity contribution is 0.103. The summed E-state index contributed by atoms with van der Waals surface area (Å²) >= 11 is 3.28. The Morgan fingerprint density at radius 3 is 2.44 bits per heavy atom.